The van der Waals surface area contributed by atoms with Crippen molar-refractivity contribution in [1.82, 2.24) is 0 Å². The predicted octanol–water partition coefficient (Wildman–Crippen LogP) is 11.8. The third kappa shape index (κ3) is 32.4. The van der Waals surface area contributed by atoms with Gasteiger partial charge in [0.15, 0.2) is 6.10 Å². The van der Waals surface area contributed by atoms with Gasteiger partial charge in [-0.15, -0.1) is 0 Å². The molecule has 0 rings (SSSR count). The maximum absolute atomic E-state index is 12.6. The quantitative estimate of drug-likeness (QED) is 0.0391. The first kappa shape index (κ1) is 44.4. The molecular weight excluding hydrogens is 576 g/mol. The van der Waals surface area contributed by atoms with Gasteiger partial charge >= 0.3 is 17.9 Å². The molecule has 46 heavy (non-hydrogen) atoms. The van der Waals surface area contributed by atoms with Crippen LogP contribution in [0, 0.1) is 11.8 Å². The van der Waals surface area contributed by atoms with Crippen LogP contribution in [0.1, 0.15) is 208 Å². The molecule has 272 valence electrons. The van der Waals surface area contributed by atoms with E-state index in [4.69, 9.17) is 14.2 Å². The fourth-order valence-electron chi connectivity index (χ4n) is 5.66. The van der Waals surface area contributed by atoms with Crippen molar-refractivity contribution >= 4 is 17.9 Å². The highest BCUT2D eigenvalue weighted by atomic mass is 16.6. The van der Waals surface area contributed by atoms with Crippen LogP contribution in [0.4, 0.5) is 0 Å². The van der Waals surface area contributed by atoms with E-state index in [9.17, 15) is 14.4 Å². The van der Waals surface area contributed by atoms with Gasteiger partial charge in [0.05, 0.1) is 0 Å². The minimum absolute atomic E-state index is 0.0678. The fourth-order valence-corrected chi connectivity index (χ4v) is 5.66. The lowest BCUT2D eigenvalue weighted by molar-refractivity contribution is -0.167. The van der Waals surface area contributed by atoms with Gasteiger partial charge in [-0.25, -0.2) is 0 Å². The maximum atomic E-state index is 12.6. The molecule has 0 aromatic heterocycles. The molecule has 0 aromatic carbocycles. The van der Waals surface area contributed by atoms with Gasteiger partial charge in [-0.05, 0) is 31.1 Å². The van der Waals surface area contributed by atoms with Crippen molar-refractivity contribution in [3.05, 3.63) is 0 Å². The highest BCUT2D eigenvalue weighted by Gasteiger charge is 2.19. The first-order valence-corrected chi connectivity index (χ1v) is 19.8. The molecule has 2 atom stereocenters. The topological polar surface area (TPSA) is 78.9 Å². The second kappa shape index (κ2) is 33.3. The minimum atomic E-state index is -0.758. The molecule has 6 nitrogen and oxygen atoms in total. The summed E-state index contributed by atoms with van der Waals surface area (Å²) in [5.74, 6) is 0.746. The van der Waals surface area contributed by atoms with Gasteiger partial charge in [0, 0.05) is 19.3 Å². The van der Waals surface area contributed by atoms with Crippen molar-refractivity contribution in [3.63, 3.8) is 0 Å². The Morgan fingerprint density at radius 3 is 1.24 bits per heavy atom. The minimum Gasteiger partial charge on any atom is -0.462 e. The van der Waals surface area contributed by atoms with Gasteiger partial charge in [0.25, 0.3) is 0 Å². The first-order valence-electron chi connectivity index (χ1n) is 19.8. The van der Waals surface area contributed by atoms with Crippen LogP contribution >= 0.6 is 0 Å². The second-order valence-electron chi connectivity index (χ2n) is 14.3. The van der Waals surface area contributed by atoms with Gasteiger partial charge in [0.2, 0.25) is 0 Å². The Bertz CT molecular complexity index is 706. The van der Waals surface area contributed by atoms with Gasteiger partial charge in [-0.1, -0.05) is 169 Å². The average Bonchev–Trinajstić information content (AvgIpc) is 3.03. The van der Waals surface area contributed by atoms with Crippen molar-refractivity contribution in [1.29, 1.82) is 0 Å². The van der Waals surface area contributed by atoms with Crippen molar-refractivity contribution in [2.45, 2.75) is 214 Å². The summed E-state index contributed by atoms with van der Waals surface area (Å²) < 4.78 is 16.5. The number of carbonyl (C=O) groups is 3. The second-order valence-corrected chi connectivity index (χ2v) is 14.3. The third-order valence-electron chi connectivity index (χ3n) is 9.08. The van der Waals surface area contributed by atoms with Crippen LogP contribution in [0.15, 0.2) is 0 Å². The summed E-state index contributed by atoms with van der Waals surface area (Å²) in [5, 5.41) is 0. The summed E-state index contributed by atoms with van der Waals surface area (Å²) in [7, 11) is 0. The largest absolute Gasteiger partial charge is 0.462 e. The van der Waals surface area contributed by atoms with Gasteiger partial charge < -0.3 is 14.2 Å². The molecule has 0 radical (unpaired) electrons. The summed E-state index contributed by atoms with van der Waals surface area (Å²) in [5.41, 5.74) is 0. The zero-order chi connectivity index (χ0) is 34.1. The van der Waals surface area contributed by atoms with Crippen LogP contribution in [0.2, 0.25) is 0 Å². The molecule has 0 aliphatic rings. The van der Waals surface area contributed by atoms with E-state index in [1.807, 2.05) is 0 Å². The standard InChI is InChI=1S/C40H76O6/c1-6-8-9-18-25-30-38(41)44-33-37(46-40(43)32-27-22-17-16-20-24-29-36(5)7-2)34-45-39(42)31-26-21-15-13-11-10-12-14-19-23-28-35(3)4/h35-37H,6-34H2,1-5H3/t36?,37-/m1/s1. The number of hydrogen-bond acceptors (Lipinski definition) is 6. The molecule has 0 spiro atoms. The maximum Gasteiger partial charge on any atom is 0.306 e. The van der Waals surface area contributed by atoms with E-state index >= 15 is 0 Å². The van der Waals surface area contributed by atoms with Crippen LogP contribution in [-0.2, 0) is 28.6 Å². The lowest BCUT2D eigenvalue weighted by Crippen LogP contribution is -2.30. The first-order chi connectivity index (χ1) is 22.3. The van der Waals surface area contributed by atoms with Crippen molar-refractivity contribution in [2.24, 2.45) is 11.8 Å². The highest BCUT2D eigenvalue weighted by Crippen LogP contribution is 2.16. The molecule has 0 N–H and O–H groups in total. The van der Waals surface area contributed by atoms with Crippen LogP contribution in [0.25, 0.3) is 0 Å². The SMILES string of the molecule is CCCCCCCC(=O)OC[C@H](COC(=O)CCCCCCCCCCCCC(C)C)OC(=O)CCCCCCCCC(C)CC. The van der Waals surface area contributed by atoms with Gasteiger partial charge in [0.1, 0.15) is 13.2 Å². The molecule has 0 aromatic rings. The average molecular weight is 653 g/mol. The van der Waals surface area contributed by atoms with Crippen molar-refractivity contribution < 1.29 is 28.6 Å². The normalized spacial score (nSPS) is 12.7. The Morgan fingerprint density at radius 1 is 0.457 bits per heavy atom. The number of hydrogen-bond donors (Lipinski definition) is 0. The molecule has 0 amide bonds. The van der Waals surface area contributed by atoms with E-state index in [0.29, 0.717) is 19.3 Å². The fraction of sp³-hybridized carbons (Fsp3) is 0.925. The molecule has 0 heterocycles. The summed E-state index contributed by atoms with van der Waals surface area (Å²) >= 11 is 0. The third-order valence-corrected chi connectivity index (χ3v) is 9.08. The lowest BCUT2D eigenvalue weighted by Gasteiger charge is -2.18. The van der Waals surface area contributed by atoms with E-state index in [2.05, 4.69) is 34.6 Å². The summed E-state index contributed by atoms with van der Waals surface area (Å²) in [6.45, 7) is 11.2. The van der Waals surface area contributed by atoms with E-state index in [-0.39, 0.29) is 31.1 Å². The summed E-state index contributed by atoms with van der Waals surface area (Å²) in [6, 6.07) is 0. The molecule has 0 saturated heterocycles. The highest BCUT2D eigenvalue weighted by molar-refractivity contribution is 5.71. The summed E-state index contributed by atoms with van der Waals surface area (Å²) in [6.07, 6.45) is 28.3. The predicted molar refractivity (Wildman–Crippen MR) is 192 cm³/mol. The van der Waals surface area contributed by atoms with Crippen LogP contribution < -0.4 is 0 Å². The Morgan fingerprint density at radius 2 is 0.826 bits per heavy atom. The van der Waals surface area contributed by atoms with E-state index in [1.165, 1.54) is 89.9 Å². The van der Waals surface area contributed by atoms with Gasteiger partial charge in [-0.3, -0.25) is 14.4 Å². The van der Waals surface area contributed by atoms with Crippen molar-refractivity contribution in [3.8, 4) is 0 Å². The van der Waals surface area contributed by atoms with E-state index in [0.717, 1.165) is 76.0 Å². The Hall–Kier alpha value is -1.59. The molecule has 0 aliphatic heterocycles. The molecular formula is C40H76O6. The molecule has 6 heteroatoms. The number of unbranched alkanes of at least 4 members (excludes halogenated alkanes) is 18. The molecule has 0 fully saturated rings. The van der Waals surface area contributed by atoms with Crippen LogP contribution in [0.5, 0.6) is 0 Å². The zero-order valence-electron chi connectivity index (χ0n) is 31.2. The van der Waals surface area contributed by atoms with E-state index < -0.39 is 6.10 Å². The Labute approximate surface area is 285 Å². The number of esters is 3. The van der Waals surface area contributed by atoms with E-state index in [1.54, 1.807) is 0 Å². The number of carbonyl (C=O) groups excluding carboxylic acids is 3. The van der Waals surface area contributed by atoms with Crippen molar-refractivity contribution in [2.75, 3.05) is 13.2 Å². The van der Waals surface area contributed by atoms with Crippen LogP contribution in [-0.4, -0.2) is 37.2 Å². The number of rotatable bonds is 34. The van der Waals surface area contributed by atoms with Crippen LogP contribution in [0.3, 0.4) is 0 Å². The Balaban J connectivity index is 4.27. The monoisotopic (exact) mass is 653 g/mol. The molecule has 0 aliphatic carbocycles. The Kier molecular flexibility index (Phi) is 32.2. The zero-order valence-corrected chi connectivity index (χ0v) is 31.2. The smallest absolute Gasteiger partial charge is 0.306 e. The van der Waals surface area contributed by atoms with Gasteiger partial charge in [-0.2, -0.15) is 0 Å². The molecule has 0 saturated carbocycles. The number of ether oxygens (including phenoxy) is 3. The lowest BCUT2D eigenvalue weighted by atomic mass is 10.00. The molecule has 1 unspecified atom stereocenters. The molecule has 0 bridgehead atoms. The summed E-state index contributed by atoms with van der Waals surface area (Å²) in [4.78, 5) is 37.2.